The van der Waals surface area contributed by atoms with E-state index < -0.39 is 49.5 Å². The zero-order chi connectivity index (χ0) is 42.3. The van der Waals surface area contributed by atoms with E-state index in [1.165, 1.54) is 180 Å². The topological polar surface area (TPSA) is 149 Å². The van der Waals surface area contributed by atoms with E-state index in [0.717, 1.165) is 38.5 Å². The molecule has 9 nitrogen and oxygen atoms in total. The van der Waals surface area contributed by atoms with Gasteiger partial charge in [0, 0.05) is 6.42 Å². The quantitative estimate of drug-likeness (QED) is 0.0263. The number of hydrogen-bond acceptors (Lipinski definition) is 8. The SMILES string of the molecule is CCCCCCCCCCCCCC/C=C/C(O)C(COC1OC(CO)C(O)C(O)C1O)NC(=O)CCCCCCCCCCCCCCCCCCCCCCC. The molecule has 0 aromatic carbocycles. The van der Waals surface area contributed by atoms with Crippen molar-refractivity contribution in [1.82, 2.24) is 5.32 Å². The molecular weight excluding hydrogens is 731 g/mol. The monoisotopic (exact) mass is 826 g/mol. The van der Waals surface area contributed by atoms with Gasteiger partial charge in [-0.15, -0.1) is 0 Å². The summed E-state index contributed by atoms with van der Waals surface area (Å²) >= 11 is 0. The molecule has 6 N–H and O–H groups in total. The van der Waals surface area contributed by atoms with Gasteiger partial charge in [0.1, 0.15) is 24.4 Å². The first-order chi connectivity index (χ1) is 28.3. The first-order valence-corrected chi connectivity index (χ1v) is 24.9. The highest BCUT2D eigenvalue weighted by Gasteiger charge is 2.44. The summed E-state index contributed by atoms with van der Waals surface area (Å²) in [6.07, 6.45) is 39.7. The molecule has 1 amide bonds. The second-order valence-electron chi connectivity index (χ2n) is 17.6. The van der Waals surface area contributed by atoms with Gasteiger partial charge < -0.3 is 40.3 Å². The summed E-state index contributed by atoms with van der Waals surface area (Å²) in [4.78, 5) is 13.0. The van der Waals surface area contributed by atoms with Crippen molar-refractivity contribution in [2.45, 2.75) is 281 Å². The number of rotatable bonds is 42. The van der Waals surface area contributed by atoms with Crippen molar-refractivity contribution < 1.29 is 39.8 Å². The van der Waals surface area contributed by atoms with Crippen LogP contribution in [0, 0.1) is 0 Å². The maximum Gasteiger partial charge on any atom is 0.220 e. The Labute approximate surface area is 356 Å². The van der Waals surface area contributed by atoms with Crippen LogP contribution < -0.4 is 5.32 Å². The van der Waals surface area contributed by atoms with Gasteiger partial charge in [-0.1, -0.05) is 225 Å². The van der Waals surface area contributed by atoms with Crippen molar-refractivity contribution in [2.24, 2.45) is 0 Å². The molecule has 0 bridgehead atoms. The van der Waals surface area contributed by atoms with Gasteiger partial charge in [0.15, 0.2) is 6.29 Å². The van der Waals surface area contributed by atoms with Crippen LogP contribution in [0.5, 0.6) is 0 Å². The first-order valence-electron chi connectivity index (χ1n) is 24.9. The standard InChI is InChI=1S/C49H95NO8/c1-3-5-7-9-11-13-15-17-19-20-21-22-23-24-25-27-29-31-33-35-37-39-45(53)50-42(41-57-49-48(56)47(55)46(54)44(40-51)58-49)43(52)38-36-34-32-30-28-26-18-16-14-12-10-8-6-4-2/h36,38,42-44,46-49,51-52,54-56H,3-35,37,39-41H2,1-2H3,(H,50,53)/b38-36+. The van der Waals surface area contributed by atoms with Crippen LogP contribution in [0.4, 0.5) is 0 Å². The number of allylic oxidation sites excluding steroid dienone is 1. The van der Waals surface area contributed by atoms with E-state index in [1.54, 1.807) is 6.08 Å². The third kappa shape index (κ3) is 30.0. The van der Waals surface area contributed by atoms with E-state index in [1.807, 2.05) is 6.08 Å². The highest BCUT2D eigenvalue weighted by Crippen LogP contribution is 2.23. The Bertz CT molecular complexity index is 919. The van der Waals surface area contributed by atoms with Crippen molar-refractivity contribution in [3.63, 3.8) is 0 Å². The van der Waals surface area contributed by atoms with Crippen molar-refractivity contribution in [3.05, 3.63) is 12.2 Å². The molecule has 0 radical (unpaired) electrons. The number of carbonyl (C=O) groups is 1. The van der Waals surface area contributed by atoms with Crippen molar-refractivity contribution >= 4 is 5.91 Å². The Kier molecular flexibility index (Phi) is 37.9. The summed E-state index contributed by atoms with van der Waals surface area (Å²) < 4.78 is 11.2. The third-order valence-electron chi connectivity index (χ3n) is 12.1. The molecule has 0 spiro atoms. The first kappa shape index (κ1) is 54.9. The number of hydrogen-bond donors (Lipinski definition) is 6. The zero-order valence-corrected chi connectivity index (χ0v) is 37.8. The van der Waals surface area contributed by atoms with Crippen molar-refractivity contribution in [2.75, 3.05) is 13.2 Å². The third-order valence-corrected chi connectivity index (χ3v) is 12.1. The maximum absolute atomic E-state index is 13.0. The minimum absolute atomic E-state index is 0.173. The average Bonchev–Trinajstić information content (AvgIpc) is 3.22. The molecule has 1 saturated heterocycles. The molecular formula is C49H95NO8. The Balaban J connectivity index is 2.27. The molecule has 7 unspecified atom stereocenters. The van der Waals surface area contributed by atoms with E-state index in [2.05, 4.69) is 19.2 Å². The highest BCUT2D eigenvalue weighted by atomic mass is 16.7. The summed E-state index contributed by atoms with van der Waals surface area (Å²) in [5.41, 5.74) is 0. The molecule has 0 aliphatic carbocycles. The molecule has 58 heavy (non-hydrogen) atoms. The lowest BCUT2D eigenvalue weighted by Crippen LogP contribution is -2.60. The van der Waals surface area contributed by atoms with Crippen molar-refractivity contribution in [1.29, 1.82) is 0 Å². The van der Waals surface area contributed by atoms with Gasteiger partial charge in [0.2, 0.25) is 5.91 Å². The van der Waals surface area contributed by atoms with Crippen LogP contribution >= 0.6 is 0 Å². The number of amides is 1. The Morgan fingerprint density at radius 2 is 0.948 bits per heavy atom. The predicted molar refractivity (Wildman–Crippen MR) is 240 cm³/mol. The van der Waals surface area contributed by atoms with Crippen LogP contribution in [0.2, 0.25) is 0 Å². The average molecular weight is 826 g/mol. The fraction of sp³-hybridized carbons (Fsp3) is 0.939. The molecule has 0 aromatic rings. The van der Waals surface area contributed by atoms with Crippen LogP contribution in [0.3, 0.4) is 0 Å². The number of unbranched alkanes of at least 4 members (excludes halogenated alkanes) is 32. The number of nitrogens with one attached hydrogen (secondary N) is 1. The predicted octanol–water partition coefficient (Wildman–Crippen LogP) is 10.9. The van der Waals surface area contributed by atoms with E-state index in [9.17, 15) is 30.3 Å². The number of ether oxygens (including phenoxy) is 2. The Morgan fingerprint density at radius 3 is 1.34 bits per heavy atom. The van der Waals surface area contributed by atoms with Crippen LogP contribution in [0.15, 0.2) is 12.2 Å². The normalized spacial score (nSPS) is 20.8. The summed E-state index contributed by atoms with van der Waals surface area (Å²) in [5.74, 6) is -0.173. The molecule has 1 fully saturated rings. The molecule has 1 aliphatic heterocycles. The number of aliphatic hydroxyl groups excluding tert-OH is 5. The maximum atomic E-state index is 13.0. The lowest BCUT2D eigenvalue weighted by molar-refractivity contribution is -0.302. The van der Waals surface area contributed by atoms with Gasteiger partial charge in [-0.3, -0.25) is 4.79 Å². The van der Waals surface area contributed by atoms with Crippen LogP contribution in [0.1, 0.15) is 239 Å². The molecule has 1 heterocycles. The lowest BCUT2D eigenvalue weighted by atomic mass is 9.99. The molecule has 7 atom stereocenters. The largest absolute Gasteiger partial charge is 0.394 e. The molecule has 9 heteroatoms. The van der Waals surface area contributed by atoms with Gasteiger partial charge in [-0.2, -0.15) is 0 Å². The number of aliphatic hydroxyl groups is 5. The van der Waals surface area contributed by atoms with E-state index in [0.29, 0.717) is 6.42 Å². The van der Waals surface area contributed by atoms with E-state index in [4.69, 9.17) is 9.47 Å². The fourth-order valence-corrected chi connectivity index (χ4v) is 8.10. The van der Waals surface area contributed by atoms with Gasteiger partial charge in [0.25, 0.3) is 0 Å². The van der Waals surface area contributed by atoms with E-state index >= 15 is 0 Å². The molecule has 1 aliphatic rings. The minimum atomic E-state index is -1.56. The minimum Gasteiger partial charge on any atom is -0.394 e. The second kappa shape index (κ2) is 40.0. The molecule has 1 rings (SSSR count). The van der Waals surface area contributed by atoms with Gasteiger partial charge in [0.05, 0.1) is 25.4 Å². The van der Waals surface area contributed by atoms with Gasteiger partial charge in [-0.05, 0) is 19.3 Å². The second-order valence-corrected chi connectivity index (χ2v) is 17.6. The zero-order valence-electron chi connectivity index (χ0n) is 37.8. The molecule has 344 valence electrons. The van der Waals surface area contributed by atoms with Gasteiger partial charge >= 0.3 is 0 Å². The van der Waals surface area contributed by atoms with Crippen LogP contribution in [0.25, 0.3) is 0 Å². The van der Waals surface area contributed by atoms with Gasteiger partial charge in [-0.25, -0.2) is 0 Å². The Hall–Kier alpha value is -1.07. The Morgan fingerprint density at radius 1 is 0.569 bits per heavy atom. The highest BCUT2D eigenvalue weighted by molar-refractivity contribution is 5.76. The van der Waals surface area contributed by atoms with Crippen LogP contribution in [-0.2, 0) is 14.3 Å². The molecule has 0 saturated carbocycles. The lowest BCUT2D eigenvalue weighted by Gasteiger charge is -2.40. The summed E-state index contributed by atoms with van der Waals surface area (Å²) in [7, 11) is 0. The van der Waals surface area contributed by atoms with Crippen LogP contribution in [-0.4, -0.2) is 87.5 Å². The smallest absolute Gasteiger partial charge is 0.220 e. The number of carbonyl (C=O) groups excluding carboxylic acids is 1. The van der Waals surface area contributed by atoms with E-state index in [-0.39, 0.29) is 12.5 Å². The molecule has 0 aromatic heterocycles. The van der Waals surface area contributed by atoms with Crippen molar-refractivity contribution in [3.8, 4) is 0 Å². The summed E-state index contributed by atoms with van der Waals surface area (Å²) in [5, 5.41) is 54.3. The summed E-state index contributed by atoms with van der Waals surface area (Å²) in [6, 6.07) is -0.798. The fourth-order valence-electron chi connectivity index (χ4n) is 8.10. The summed E-state index contributed by atoms with van der Waals surface area (Å²) in [6.45, 7) is 3.79.